The Morgan fingerprint density at radius 3 is 2.85 bits per heavy atom. The fourth-order valence-electron chi connectivity index (χ4n) is 1.99. The summed E-state index contributed by atoms with van der Waals surface area (Å²) in [7, 11) is -5.03. The molecule has 1 fully saturated rings. The summed E-state index contributed by atoms with van der Waals surface area (Å²) in [6.07, 6.45) is 1.05. The van der Waals surface area contributed by atoms with Crippen LogP contribution in [-0.4, -0.2) is 22.3 Å². The quantitative estimate of drug-likeness (QED) is 0.659. The molecule has 1 aromatic heterocycles. The average molecular weight is 304 g/mol. The van der Waals surface area contributed by atoms with E-state index >= 15 is 0 Å². The second-order valence-electron chi connectivity index (χ2n) is 4.51. The van der Waals surface area contributed by atoms with Crippen LogP contribution in [0.2, 0.25) is 0 Å². The van der Waals surface area contributed by atoms with Crippen LogP contribution in [0.15, 0.2) is 15.8 Å². The van der Waals surface area contributed by atoms with E-state index in [4.69, 9.17) is 4.74 Å². The Morgan fingerprint density at radius 1 is 1.50 bits per heavy atom. The van der Waals surface area contributed by atoms with E-state index in [1.165, 1.54) is 10.8 Å². The lowest BCUT2D eigenvalue weighted by Crippen LogP contribution is -2.33. The van der Waals surface area contributed by atoms with E-state index in [1.54, 1.807) is 6.92 Å². The van der Waals surface area contributed by atoms with Gasteiger partial charge in [0, 0.05) is 11.8 Å². The van der Waals surface area contributed by atoms with E-state index in [9.17, 15) is 23.9 Å². The second-order valence-corrected chi connectivity index (χ2v) is 5.66. The number of hydrogen-bond acceptors (Lipinski definition) is 7. The highest BCUT2D eigenvalue weighted by Crippen LogP contribution is 2.31. The first kappa shape index (κ1) is 15.1. The van der Waals surface area contributed by atoms with Crippen LogP contribution in [0.1, 0.15) is 24.6 Å². The van der Waals surface area contributed by atoms with Crippen molar-refractivity contribution in [1.29, 1.82) is 0 Å². The predicted octanol–water partition coefficient (Wildman–Crippen LogP) is -1.63. The van der Waals surface area contributed by atoms with E-state index in [2.05, 4.69) is 9.51 Å². The number of rotatable bonds is 4. The molecule has 0 unspecified atom stereocenters. The molecule has 0 saturated carbocycles. The van der Waals surface area contributed by atoms with Gasteiger partial charge in [-0.2, -0.15) is 0 Å². The fourth-order valence-corrected chi connectivity index (χ4v) is 2.34. The molecule has 2 atom stereocenters. The summed E-state index contributed by atoms with van der Waals surface area (Å²) in [6, 6.07) is 0. The lowest BCUT2D eigenvalue weighted by Gasteiger charge is -2.29. The number of phosphoric ester groups is 1. The molecule has 1 aliphatic heterocycles. The first-order valence-electron chi connectivity index (χ1n) is 5.90. The third kappa shape index (κ3) is 3.65. The molecule has 0 aromatic carbocycles. The largest absolute Gasteiger partial charge is 0.790 e. The van der Waals surface area contributed by atoms with Crippen molar-refractivity contribution in [2.75, 3.05) is 6.61 Å². The summed E-state index contributed by atoms with van der Waals surface area (Å²) in [5.41, 5.74) is -0.718. The maximum atomic E-state index is 11.7. The third-order valence-electron chi connectivity index (χ3n) is 2.96. The zero-order valence-corrected chi connectivity index (χ0v) is 11.5. The number of aryl methyl sites for hydroxylation is 1. The molecule has 1 aromatic rings. The van der Waals surface area contributed by atoms with Crippen molar-refractivity contribution >= 4 is 7.82 Å². The molecule has 0 radical (unpaired) electrons. The number of H-pyrrole nitrogens is 1. The molecule has 1 saturated heterocycles. The van der Waals surface area contributed by atoms with Gasteiger partial charge in [-0.15, -0.1) is 0 Å². The van der Waals surface area contributed by atoms with Gasteiger partial charge in [0.25, 0.3) is 5.56 Å². The van der Waals surface area contributed by atoms with E-state index in [0.29, 0.717) is 18.4 Å². The zero-order chi connectivity index (χ0) is 14.9. The Hall–Kier alpha value is -1.25. The van der Waals surface area contributed by atoms with Gasteiger partial charge in [-0.25, -0.2) is 4.79 Å². The second kappa shape index (κ2) is 5.63. The Kier molecular flexibility index (Phi) is 4.26. The number of nitrogens with one attached hydrogen (secondary N) is 1. The van der Waals surface area contributed by atoms with Gasteiger partial charge in [-0.3, -0.25) is 14.3 Å². The van der Waals surface area contributed by atoms with E-state index < -0.39 is 31.4 Å². The Bertz CT molecular complexity index is 646. The number of ether oxygens (including phenoxy) is 1. The Labute approximate surface area is 113 Å². The molecular formula is C10H13N2O7P-2. The van der Waals surface area contributed by atoms with Crippen molar-refractivity contribution < 1.29 is 23.6 Å². The monoisotopic (exact) mass is 304 g/mol. The zero-order valence-electron chi connectivity index (χ0n) is 10.6. The van der Waals surface area contributed by atoms with Crippen molar-refractivity contribution in [3.8, 4) is 0 Å². The molecule has 1 N–H and O–H groups in total. The van der Waals surface area contributed by atoms with E-state index in [-0.39, 0.29) is 6.61 Å². The van der Waals surface area contributed by atoms with Gasteiger partial charge in [0.15, 0.2) is 0 Å². The summed E-state index contributed by atoms with van der Waals surface area (Å²) in [5, 5.41) is 0. The molecule has 0 amide bonds. The van der Waals surface area contributed by atoms with Gasteiger partial charge >= 0.3 is 5.69 Å². The third-order valence-corrected chi connectivity index (χ3v) is 3.43. The molecular weight excluding hydrogens is 291 g/mol. The van der Waals surface area contributed by atoms with Gasteiger partial charge in [-0.05, 0) is 19.8 Å². The van der Waals surface area contributed by atoms with Gasteiger partial charge in [-0.1, -0.05) is 0 Å². The number of aromatic amines is 1. The summed E-state index contributed by atoms with van der Waals surface area (Å²) < 4.78 is 21.2. The molecule has 0 bridgehead atoms. The van der Waals surface area contributed by atoms with Crippen LogP contribution in [0.3, 0.4) is 0 Å². The van der Waals surface area contributed by atoms with Crippen LogP contribution >= 0.6 is 7.82 Å². The van der Waals surface area contributed by atoms with Crippen molar-refractivity contribution in [1.82, 2.24) is 9.55 Å². The topological polar surface area (TPSA) is 137 Å². The lowest BCUT2D eigenvalue weighted by molar-refractivity contribution is -0.342. The van der Waals surface area contributed by atoms with Crippen LogP contribution in [0.4, 0.5) is 0 Å². The minimum atomic E-state index is -5.03. The molecule has 1 aliphatic rings. The minimum Gasteiger partial charge on any atom is -0.790 e. The van der Waals surface area contributed by atoms with Crippen LogP contribution < -0.4 is 21.0 Å². The molecule has 0 aliphatic carbocycles. The first-order chi connectivity index (χ1) is 9.26. The van der Waals surface area contributed by atoms with Crippen LogP contribution in [0.25, 0.3) is 0 Å². The van der Waals surface area contributed by atoms with E-state index in [0.717, 1.165) is 0 Å². The summed E-state index contributed by atoms with van der Waals surface area (Å²) in [5.74, 6) is 0. The summed E-state index contributed by atoms with van der Waals surface area (Å²) in [4.78, 5) is 45.8. The highest BCUT2D eigenvalue weighted by Gasteiger charge is 2.27. The number of aromatic nitrogens is 2. The molecule has 20 heavy (non-hydrogen) atoms. The minimum absolute atomic E-state index is 0.358. The van der Waals surface area contributed by atoms with Crippen molar-refractivity contribution in [3.63, 3.8) is 0 Å². The molecule has 112 valence electrons. The van der Waals surface area contributed by atoms with Gasteiger partial charge < -0.3 is 23.6 Å². The highest BCUT2D eigenvalue weighted by molar-refractivity contribution is 7.43. The average Bonchev–Trinajstić information content (AvgIpc) is 2.79. The number of hydrogen-bond donors (Lipinski definition) is 1. The SMILES string of the molecule is Cc1cn([C@H]2CC[C@H](COP(=O)([O-])[O-])O2)c(=O)[nH]c1=O. The maximum absolute atomic E-state index is 11.7. The molecule has 0 spiro atoms. The predicted molar refractivity (Wildman–Crippen MR) is 62.8 cm³/mol. The van der Waals surface area contributed by atoms with Crippen molar-refractivity contribution in [3.05, 3.63) is 32.6 Å². The van der Waals surface area contributed by atoms with Gasteiger partial charge in [0.05, 0.1) is 20.5 Å². The lowest BCUT2D eigenvalue weighted by atomic mass is 10.2. The van der Waals surface area contributed by atoms with Crippen LogP contribution in [0, 0.1) is 6.92 Å². The Morgan fingerprint density at radius 2 is 2.20 bits per heavy atom. The standard InChI is InChI=1S/C10H15N2O7P/c1-6-4-12(10(14)11-9(6)13)8-3-2-7(19-8)5-18-20(15,16)17/h4,7-8H,2-3,5H2,1H3,(H,11,13,14)(H2,15,16,17)/p-2/t7-,8-/m1/s1. The molecule has 9 nitrogen and oxygen atoms in total. The highest BCUT2D eigenvalue weighted by atomic mass is 31.2. The fraction of sp³-hybridized carbons (Fsp3) is 0.600. The molecule has 2 heterocycles. The maximum Gasteiger partial charge on any atom is 0.330 e. The summed E-state index contributed by atoms with van der Waals surface area (Å²) in [6.45, 7) is 1.17. The number of nitrogens with zero attached hydrogens (tertiary/aromatic N) is 1. The Balaban J connectivity index is 2.06. The molecule has 2 rings (SSSR count). The van der Waals surface area contributed by atoms with Gasteiger partial charge in [0.2, 0.25) is 0 Å². The van der Waals surface area contributed by atoms with Crippen LogP contribution in [0.5, 0.6) is 0 Å². The smallest absolute Gasteiger partial charge is 0.330 e. The van der Waals surface area contributed by atoms with E-state index in [1.807, 2.05) is 0 Å². The summed E-state index contributed by atoms with van der Waals surface area (Å²) >= 11 is 0. The molecule has 10 heteroatoms. The van der Waals surface area contributed by atoms with Crippen LogP contribution in [-0.2, 0) is 13.8 Å². The van der Waals surface area contributed by atoms with Crippen molar-refractivity contribution in [2.45, 2.75) is 32.1 Å². The first-order valence-corrected chi connectivity index (χ1v) is 7.36. The van der Waals surface area contributed by atoms with Gasteiger partial charge in [0.1, 0.15) is 6.23 Å². The number of phosphoric acid groups is 1. The normalized spacial score (nSPS) is 23.1. The van der Waals surface area contributed by atoms with Crippen molar-refractivity contribution in [2.24, 2.45) is 0 Å².